The Morgan fingerprint density at radius 1 is 1.12 bits per heavy atom. The summed E-state index contributed by atoms with van der Waals surface area (Å²) in [4.78, 5) is 37.4. The van der Waals surface area contributed by atoms with Gasteiger partial charge in [-0.05, 0) is 32.4 Å². The fraction of sp³-hybridized carbons (Fsp3) is 0.500. The molecule has 0 fully saturated rings. The van der Waals surface area contributed by atoms with Crippen molar-refractivity contribution in [2.45, 2.75) is 52.7 Å². The minimum absolute atomic E-state index is 0.0888. The van der Waals surface area contributed by atoms with Crippen molar-refractivity contribution in [2.24, 2.45) is 0 Å². The average molecular weight is 347 g/mol. The molecular formula is C18H25N3O4. The van der Waals surface area contributed by atoms with E-state index >= 15 is 0 Å². The SMILES string of the molecule is CCCn1c(=O)n(CCC(=O)N(CC(=O)O)C(C)C)c2ccccc21. The average Bonchev–Trinajstić information content (AvgIpc) is 2.83. The second-order valence-corrected chi connectivity index (χ2v) is 6.33. The summed E-state index contributed by atoms with van der Waals surface area (Å²) in [5.74, 6) is -1.31. The highest BCUT2D eigenvalue weighted by atomic mass is 16.4. The van der Waals surface area contributed by atoms with E-state index in [1.807, 2.05) is 31.2 Å². The van der Waals surface area contributed by atoms with Gasteiger partial charge in [-0.3, -0.25) is 18.7 Å². The third-order valence-electron chi connectivity index (χ3n) is 4.17. The Morgan fingerprint density at radius 3 is 2.16 bits per heavy atom. The number of carbonyl (C=O) groups excluding carboxylic acids is 1. The number of carbonyl (C=O) groups is 2. The lowest BCUT2D eigenvalue weighted by atomic mass is 10.2. The first-order chi connectivity index (χ1) is 11.9. The molecule has 0 saturated heterocycles. The maximum absolute atomic E-state index is 12.7. The Balaban J connectivity index is 2.26. The number of para-hydroxylation sites is 2. The summed E-state index contributed by atoms with van der Waals surface area (Å²) in [6, 6.07) is 7.31. The molecule has 0 radical (unpaired) electrons. The lowest BCUT2D eigenvalue weighted by molar-refractivity contribution is -0.145. The quantitative estimate of drug-likeness (QED) is 0.791. The lowest BCUT2D eigenvalue weighted by Crippen LogP contribution is -2.41. The Kier molecular flexibility index (Phi) is 6.01. The Labute approximate surface area is 146 Å². The molecule has 2 aromatic rings. The minimum atomic E-state index is -1.04. The molecule has 0 aliphatic carbocycles. The van der Waals surface area contributed by atoms with E-state index in [4.69, 9.17) is 5.11 Å². The number of benzene rings is 1. The van der Waals surface area contributed by atoms with Gasteiger partial charge >= 0.3 is 11.7 Å². The van der Waals surface area contributed by atoms with Crippen LogP contribution < -0.4 is 5.69 Å². The van der Waals surface area contributed by atoms with Crippen molar-refractivity contribution < 1.29 is 14.7 Å². The first kappa shape index (κ1) is 18.8. The van der Waals surface area contributed by atoms with Gasteiger partial charge in [0.25, 0.3) is 0 Å². The largest absolute Gasteiger partial charge is 0.480 e. The highest BCUT2D eigenvalue weighted by molar-refractivity contribution is 5.82. The molecule has 7 heteroatoms. The fourth-order valence-electron chi connectivity index (χ4n) is 2.98. The maximum atomic E-state index is 12.7. The van der Waals surface area contributed by atoms with Gasteiger partial charge in [0.2, 0.25) is 5.91 Å². The number of aliphatic carboxylic acids is 1. The van der Waals surface area contributed by atoms with Crippen LogP contribution in [-0.4, -0.2) is 43.6 Å². The molecule has 1 aromatic heterocycles. The zero-order valence-electron chi connectivity index (χ0n) is 14.9. The molecule has 1 heterocycles. The first-order valence-electron chi connectivity index (χ1n) is 8.56. The molecule has 136 valence electrons. The van der Waals surface area contributed by atoms with Crippen LogP contribution >= 0.6 is 0 Å². The van der Waals surface area contributed by atoms with Crippen molar-refractivity contribution in [3.8, 4) is 0 Å². The number of nitrogens with zero attached hydrogens (tertiary/aromatic N) is 3. The normalized spacial score (nSPS) is 11.2. The third-order valence-corrected chi connectivity index (χ3v) is 4.17. The van der Waals surface area contributed by atoms with Crippen LogP contribution in [0.1, 0.15) is 33.6 Å². The van der Waals surface area contributed by atoms with E-state index in [0.29, 0.717) is 6.54 Å². The minimum Gasteiger partial charge on any atom is -0.480 e. The van der Waals surface area contributed by atoms with Crippen molar-refractivity contribution >= 4 is 22.9 Å². The number of carboxylic acids is 1. The molecule has 1 N–H and O–H groups in total. The summed E-state index contributed by atoms with van der Waals surface area (Å²) in [6.45, 7) is 6.09. The first-order valence-corrected chi connectivity index (χ1v) is 8.56. The molecule has 0 aliphatic heterocycles. The molecule has 0 bridgehead atoms. The van der Waals surface area contributed by atoms with Gasteiger partial charge in [-0.1, -0.05) is 19.1 Å². The summed E-state index contributed by atoms with van der Waals surface area (Å²) >= 11 is 0. The molecular weight excluding hydrogens is 322 g/mol. The number of imidazole rings is 1. The number of aromatic nitrogens is 2. The van der Waals surface area contributed by atoms with Gasteiger partial charge in [-0.15, -0.1) is 0 Å². The Bertz CT molecular complexity index is 819. The number of amides is 1. The van der Waals surface area contributed by atoms with Gasteiger partial charge in [0.05, 0.1) is 11.0 Å². The van der Waals surface area contributed by atoms with Gasteiger partial charge in [0.1, 0.15) is 6.54 Å². The number of aryl methyl sites for hydroxylation is 2. The predicted molar refractivity (Wildman–Crippen MR) is 95.6 cm³/mol. The van der Waals surface area contributed by atoms with Crippen molar-refractivity contribution in [3.05, 3.63) is 34.7 Å². The molecule has 7 nitrogen and oxygen atoms in total. The van der Waals surface area contributed by atoms with E-state index in [9.17, 15) is 14.4 Å². The van der Waals surface area contributed by atoms with Gasteiger partial charge in [0.15, 0.2) is 0 Å². The van der Waals surface area contributed by atoms with Crippen LogP contribution in [-0.2, 0) is 22.7 Å². The van der Waals surface area contributed by atoms with Gasteiger partial charge in [-0.2, -0.15) is 0 Å². The summed E-state index contributed by atoms with van der Waals surface area (Å²) in [5.41, 5.74) is 1.52. The second kappa shape index (κ2) is 8.00. The zero-order valence-corrected chi connectivity index (χ0v) is 14.9. The van der Waals surface area contributed by atoms with Crippen LogP contribution in [0.2, 0.25) is 0 Å². The molecule has 0 aliphatic rings. The van der Waals surface area contributed by atoms with E-state index in [-0.39, 0.29) is 37.1 Å². The molecule has 1 aromatic carbocycles. The number of rotatable bonds is 8. The van der Waals surface area contributed by atoms with Gasteiger partial charge in [0, 0.05) is 25.6 Å². The maximum Gasteiger partial charge on any atom is 0.329 e. The van der Waals surface area contributed by atoms with E-state index in [2.05, 4.69) is 0 Å². The summed E-state index contributed by atoms with van der Waals surface area (Å²) in [5, 5.41) is 8.96. The van der Waals surface area contributed by atoms with Crippen LogP contribution in [0.5, 0.6) is 0 Å². The van der Waals surface area contributed by atoms with E-state index in [0.717, 1.165) is 17.5 Å². The van der Waals surface area contributed by atoms with Crippen LogP contribution in [0.15, 0.2) is 29.1 Å². The number of fused-ring (bicyclic) bond motifs is 1. The topological polar surface area (TPSA) is 84.5 Å². The lowest BCUT2D eigenvalue weighted by Gasteiger charge is -2.24. The van der Waals surface area contributed by atoms with Crippen molar-refractivity contribution in [2.75, 3.05) is 6.54 Å². The fourth-order valence-corrected chi connectivity index (χ4v) is 2.98. The van der Waals surface area contributed by atoms with Crippen molar-refractivity contribution in [1.29, 1.82) is 0 Å². The van der Waals surface area contributed by atoms with Crippen LogP contribution in [0, 0.1) is 0 Å². The molecule has 0 unspecified atom stereocenters. The van der Waals surface area contributed by atoms with Crippen molar-refractivity contribution in [3.63, 3.8) is 0 Å². The smallest absolute Gasteiger partial charge is 0.329 e. The van der Waals surface area contributed by atoms with Crippen LogP contribution in [0.25, 0.3) is 11.0 Å². The molecule has 0 atom stereocenters. The summed E-state index contributed by atoms with van der Waals surface area (Å²) in [7, 11) is 0. The molecule has 1 amide bonds. The highest BCUT2D eigenvalue weighted by Crippen LogP contribution is 2.14. The summed E-state index contributed by atoms with van der Waals surface area (Å²) in [6.07, 6.45) is 0.929. The number of hydrogen-bond acceptors (Lipinski definition) is 3. The summed E-state index contributed by atoms with van der Waals surface area (Å²) < 4.78 is 3.32. The van der Waals surface area contributed by atoms with Crippen LogP contribution in [0.4, 0.5) is 0 Å². The van der Waals surface area contributed by atoms with E-state index in [1.165, 1.54) is 4.90 Å². The molecule has 0 spiro atoms. The Hall–Kier alpha value is -2.57. The van der Waals surface area contributed by atoms with E-state index < -0.39 is 5.97 Å². The monoisotopic (exact) mass is 347 g/mol. The van der Waals surface area contributed by atoms with Crippen molar-refractivity contribution in [1.82, 2.24) is 14.0 Å². The van der Waals surface area contributed by atoms with E-state index in [1.54, 1.807) is 23.0 Å². The molecule has 0 saturated carbocycles. The van der Waals surface area contributed by atoms with Gasteiger partial charge < -0.3 is 10.0 Å². The Morgan fingerprint density at radius 2 is 1.68 bits per heavy atom. The van der Waals surface area contributed by atoms with Crippen LogP contribution in [0.3, 0.4) is 0 Å². The second-order valence-electron chi connectivity index (χ2n) is 6.33. The zero-order chi connectivity index (χ0) is 18.6. The highest BCUT2D eigenvalue weighted by Gasteiger charge is 2.20. The standard InChI is InChI=1S/C18H25N3O4/c1-4-10-19-14-7-5-6-8-15(14)20(18(19)25)11-9-16(22)21(13(2)3)12-17(23)24/h5-8,13H,4,9-12H2,1-3H3,(H,23,24). The number of carboxylic acid groups (broad SMARTS) is 1. The number of hydrogen-bond donors (Lipinski definition) is 1. The molecule has 2 rings (SSSR count). The molecule has 25 heavy (non-hydrogen) atoms. The van der Waals surface area contributed by atoms with Gasteiger partial charge in [-0.25, -0.2) is 4.79 Å². The predicted octanol–water partition coefficient (Wildman–Crippen LogP) is 1.92. The third kappa shape index (κ3) is 4.10.